The predicted octanol–water partition coefficient (Wildman–Crippen LogP) is 11.5. The first-order valence-electron chi connectivity index (χ1n) is 27.4. The van der Waals surface area contributed by atoms with Crippen molar-refractivity contribution in [2.24, 2.45) is 17.2 Å². The fourth-order valence-electron chi connectivity index (χ4n) is 9.76. The van der Waals surface area contributed by atoms with Gasteiger partial charge in [-0.05, 0) is 152 Å². The molecule has 4 aromatic carbocycles. The molecule has 6 aromatic heterocycles. The summed E-state index contributed by atoms with van der Waals surface area (Å²) in [5.41, 5.74) is 31.7. The van der Waals surface area contributed by atoms with Crippen LogP contribution < -0.4 is 38.1 Å². The van der Waals surface area contributed by atoms with Crippen molar-refractivity contribution >= 4 is 98.6 Å². The second-order valence-corrected chi connectivity index (χ2v) is 22.7. The van der Waals surface area contributed by atoms with Crippen LogP contribution in [-0.4, -0.2) is 122 Å². The molecule has 1 saturated heterocycles. The summed E-state index contributed by atoms with van der Waals surface area (Å²) < 4.78 is 0.709. The number of primary amides is 3. The Morgan fingerprint density at radius 2 is 0.966 bits per heavy atom. The van der Waals surface area contributed by atoms with Gasteiger partial charge in [-0.1, -0.05) is 64.8 Å². The second-order valence-electron chi connectivity index (χ2n) is 20.3. The number of rotatable bonds is 13. The number of aryl methyl sites for hydroxylation is 3. The van der Waals surface area contributed by atoms with E-state index in [-0.39, 0.29) is 0 Å². The Labute approximate surface area is 537 Å². The van der Waals surface area contributed by atoms with Crippen LogP contribution in [0, 0.1) is 36.2 Å². The molecule has 12 N–H and O–H groups in total. The minimum absolute atomic E-state index is 0.293. The molecule has 1 aliphatic heterocycles. The van der Waals surface area contributed by atoms with Gasteiger partial charge in [0.2, 0.25) is 17.8 Å². The highest BCUT2D eigenvalue weighted by Gasteiger charge is 2.27. The van der Waals surface area contributed by atoms with Gasteiger partial charge in [0, 0.05) is 109 Å². The van der Waals surface area contributed by atoms with E-state index in [2.05, 4.69) is 124 Å². The maximum Gasteiger partial charge on any atom is 0.252 e. The highest BCUT2D eigenvalue weighted by atomic mass is 127. The molecular weight excluding hydrogens is 1290 g/mol. The molecule has 1 aliphatic rings. The number of amides is 3. The molecule has 88 heavy (non-hydrogen) atoms. The summed E-state index contributed by atoms with van der Waals surface area (Å²) in [5, 5.41) is 10.5. The van der Waals surface area contributed by atoms with Crippen LogP contribution in [0.3, 0.4) is 0 Å². The van der Waals surface area contributed by atoms with E-state index in [1.54, 1.807) is 76.1 Å². The number of carbonyl (C=O) groups excluding carboxylic acids is 3. The van der Waals surface area contributed by atoms with Crippen molar-refractivity contribution in [2.75, 3.05) is 75.2 Å². The number of hydrogen-bond donors (Lipinski definition) is 9. The van der Waals surface area contributed by atoms with Gasteiger partial charge in [0.05, 0.1) is 77.1 Å². The number of aromatic amines is 3. The molecule has 1 fully saturated rings. The van der Waals surface area contributed by atoms with Crippen LogP contribution in [0.4, 0.5) is 23.5 Å². The van der Waals surface area contributed by atoms with Crippen LogP contribution in [0.1, 0.15) is 58.9 Å². The normalized spacial score (nSPS) is 12.0. The van der Waals surface area contributed by atoms with Gasteiger partial charge in [0.15, 0.2) is 0 Å². The zero-order valence-electron chi connectivity index (χ0n) is 48.9. The quantitative estimate of drug-likeness (QED) is 0.0383. The lowest BCUT2D eigenvalue weighted by Gasteiger charge is -2.34. The van der Waals surface area contributed by atoms with E-state index in [1.807, 2.05) is 75.4 Å². The van der Waals surface area contributed by atoms with Gasteiger partial charge in [0.25, 0.3) is 17.7 Å². The molecule has 3 amide bonds. The molecule has 0 aliphatic carbocycles. The number of hydrogen-bond acceptors (Lipinski definition) is 14. The lowest BCUT2D eigenvalue weighted by molar-refractivity contribution is 0.0992. The van der Waals surface area contributed by atoms with Crippen LogP contribution in [0.15, 0.2) is 122 Å². The van der Waals surface area contributed by atoms with E-state index in [9.17, 15) is 14.4 Å². The minimum atomic E-state index is -0.593. The number of likely N-dealkylation sites (N-methyl/N-ethyl adjacent to an activating group) is 1. The van der Waals surface area contributed by atoms with E-state index in [1.165, 1.54) is 5.69 Å². The van der Waals surface area contributed by atoms with Crippen molar-refractivity contribution in [1.29, 1.82) is 0 Å². The molecule has 11 rings (SSSR count). The number of nitrogens with zero attached hydrogens (tertiary/aromatic N) is 8. The molecule has 0 unspecified atom stereocenters. The van der Waals surface area contributed by atoms with Crippen molar-refractivity contribution in [3.8, 4) is 79.8 Å². The number of anilines is 4. The van der Waals surface area contributed by atoms with Crippen molar-refractivity contribution in [1.82, 2.24) is 49.8 Å². The number of benzene rings is 4. The van der Waals surface area contributed by atoms with Crippen molar-refractivity contribution in [3.63, 3.8) is 0 Å². The summed E-state index contributed by atoms with van der Waals surface area (Å²) in [5.74, 6) is 6.26. The molecule has 0 saturated carbocycles. The van der Waals surface area contributed by atoms with E-state index in [0.717, 1.165) is 65.1 Å². The van der Waals surface area contributed by atoms with Gasteiger partial charge >= 0.3 is 0 Å². The summed E-state index contributed by atoms with van der Waals surface area (Å²) in [6.07, 6.45) is 4.94. The van der Waals surface area contributed by atoms with E-state index >= 15 is 0 Å². The third-order valence-corrected chi connectivity index (χ3v) is 16.2. The molecule has 24 heteroatoms. The monoisotopic (exact) mass is 1350 g/mol. The average Bonchev–Trinajstić information content (AvgIpc) is 3.80. The van der Waals surface area contributed by atoms with Crippen molar-refractivity contribution in [3.05, 3.63) is 185 Å². The predicted molar refractivity (Wildman–Crippen MR) is 360 cm³/mol. The molecule has 0 atom stereocenters. The Balaban J connectivity index is 0.000000164. The standard InChI is InChI=1S/C30H30ClN7O.C17H15ClIN5O.C17H16ClN5O/c1-19-4-8-21(31)18-24(19)28-26(29(32)39)23(27(36-28)25-12-13-34-30(33-2)35-25)11-7-20-5-9-22(10-6-20)38-16-14-37(3)15-17-38;1-8-3-4-9(18)7-10(8)14-12(16(20)25)13(19)15(24-14)11-5-6-22-17(21-2)23-11;1-9-3-4-10(18)7-11(9)15-12(16(19)24)8-14(22-15)13-5-6-21-17(20-2)23-13/h4-6,8-10,12-13,18,36H,14-17H2,1-3H3,(H2,32,39)(H,33,34,35);3-7,24H,1-2H3,(H2,20,25)(H,21,22,23);3-8,22H,1-2H3,(H2,19,24)(H,20,21,23). The first kappa shape index (κ1) is 63.2. The number of aromatic nitrogens is 9. The Morgan fingerprint density at radius 1 is 0.523 bits per heavy atom. The third kappa shape index (κ3) is 14.4. The van der Waals surface area contributed by atoms with Gasteiger partial charge in [-0.25, -0.2) is 29.9 Å². The Kier molecular flexibility index (Phi) is 20.1. The smallest absolute Gasteiger partial charge is 0.252 e. The number of halogens is 4. The largest absolute Gasteiger partial charge is 0.369 e. The lowest BCUT2D eigenvalue weighted by Crippen LogP contribution is -2.44. The lowest BCUT2D eigenvalue weighted by atomic mass is 9.99. The average molecular weight is 1350 g/mol. The third-order valence-electron chi connectivity index (χ3n) is 14.4. The first-order chi connectivity index (χ1) is 42.2. The molecule has 0 radical (unpaired) electrons. The van der Waals surface area contributed by atoms with E-state index in [4.69, 9.17) is 52.0 Å². The maximum atomic E-state index is 12.9. The van der Waals surface area contributed by atoms with Gasteiger partial charge < -0.3 is 57.9 Å². The van der Waals surface area contributed by atoms with Gasteiger partial charge in [-0.15, -0.1) is 0 Å². The molecular formula is C64H61Cl3IN17O3. The fraction of sp³-hybridized carbons (Fsp3) is 0.172. The van der Waals surface area contributed by atoms with E-state index < -0.39 is 17.7 Å². The number of nitrogens with two attached hydrogens (primary N) is 3. The highest BCUT2D eigenvalue weighted by molar-refractivity contribution is 14.1. The topological polar surface area (TPSA) is 297 Å². The molecule has 10 aromatic rings. The summed E-state index contributed by atoms with van der Waals surface area (Å²) in [6, 6.07) is 31.7. The Hall–Kier alpha value is -9.31. The van der Waals surface area contributed by atoms with Crippen LogP contribution >= 0.6 is 57.4 Å². The van der Waals surface area contributed by atoms with Gasteiger partial charge in [-0.3, -0.25) is 14.4 Å². The van der Waals surface area contributed by atoms with E-state index in [0.29, 0.717) is 110 Å². The van der Waals surface area contributed by atoms with Crippen LogP contribution in [-0.2, 0) is 0 Å². The van der Waals surface area contributed by atoms with Crippen LogP contribution in [0.25, 0.3) is 67.9 Å². The number of nitrogens with one attached hydrogen (secondary N) is 6. The molecule has 0 spiro atoms. The van der Waals surface area contributed by atoms with Crippen LogP contribution in [0.2, 0.25) is 15.1 Å². The number of piperazine rings is 1. The maximum absolute atomic E-state index is 12.9. The molecule has 20 nitrogen and oxygen atoms in total. The van der Waals surface area contributed by atoms with Gasteiger partial charge in [-0.2, -0.15) is 0 Å². The van der Waals surface area contributed by atoms with Gasteiger partial charge in [0.1, 0.15) is 0 Å². The molecule has 0 bridgehead atoms. The highest BCUT2D eigenvalue weighted by Crippen LogP contribution is 2.39. The van der Waals surface area contributed by atoms with Crippen LogP contribution in [0.5, 0.6) is 0 Å². The van der Waals surface area contributed by atoms with Crippen molar-refractivity contribution in [2.45, 2.75) is 20.8 Å². The fourth-order valence-corrected chi connectivity index (χ4v) is 11.2. The second kappa shape index (κ2) is 28.0. The Bertz CT molecular complexity index is 4320. The zero-order chi connectivity index (χ0) is 62.9. The Morgan fingerprint density at radius 3 is 1.44 bits per heavy atom. The molecule has 7 heterocycles. The molecule has 448 valence electrons. The first-order valence-corrected chi connectivity index (χ1v) is 29.6. The minimum Gasteiger partial charge on any atom is -0.369 e. The summed E-state index contributed by atoms with van der Waals surface area (Å²) in [7, 11) is 7.37. The zero-order valence-corrected chi connectivity index (χ0v) is 53.3. The summed E-state index contributed by atoms with van der Waals surface area (Å²) >= 11 is 20.7. The SMILES string of the molecule is CNc1nccc(-c2[nH]c(-c3cc(Cl)ccc3C)c(C(N)=O)c2C#Cc2ccc(N3CCN(C)CC3)cc2)n1.CNc1nccc(-c2[nH]c(-c3cc(Cl)ccc3C)c(C(N)=O)c2I)n1.CNc1nccc(-c2cc(C(N)=O)c(-c3cc(Cl)ccc3C)[nH]2)n1. The number of carbonyl (C=O) groups is 3. The van der Waals surface area contributed by atoms with Crippen molar-refractivity contribution < 1.29 is 14.4 Å². The summed E-state index contributed by atoms with van der Waals surface area (Å²) in [6.45, 7) is 9.92. The number of H-pyrrole nitrogens is 3. The summed E-state index contributed by atoms with van der Waals surface area (Å²) in [4.78, 5) is 77.3.